The second-order valence-corrected chi connectivity index (χ2v) is 8.67. The molecule has 4 aliphatic rings. The van der Waals surface area contributed by atoms with Gasteiger partial charge in [-0.3, -0.25) is 4.79 Å². The van der Waals surface area contributed by atoms with E-state index >= 15 is 0 Å². The lowest BCUT2D eigenvalue weighted by Crippen LogP contribution is -2.56. The van der Waals surface area contributed by atoms with Gasteiger partial charge in [0.15, 0.2) is 6.61 Å². The summed E-state index contributed by atoms with van der Waals surface area (Å²) in [6.45, 7) is 4.38. The van der Waals surface area contributed by atoms with Crippen molar-refractivity contribution in [3.8, 4) is 5.75 Å². The highest BCUT2D eigenvalue weighted by molar-refractivity contribution is 5.77. The Labute approximate surface area is 145 Å². The van der Waals surface area contributed by atoms with Crippen LogP contribution in [0.2, 0.25) is 0 Å². The smallest absolute Gasteiger partial charge is 0.258 e. The molecule has 4 saturated carbocycles. The first-order chi connectivity index (χ1) is 11.5. The molecule has 3 heteroatoms. The van der Waals surface area contributed by atoms with E-state index in [1.54, 1.807) is 0 Å². The van der Waals surface area contributed by atoms with Crippen molar-refractivity contribution >= 4 is 5.91 Å². The zero-order valence-corrected chi connectivity index (χ0v) is 14.9. The van der Waals surface area contributed by atoms with E-state index in [1.165, 1.54) is 44.1 Å². The first-order valence-electron chi connectivity index (χ1n) is 9.51. The fourth-order valence-corrected chi connectivity index (χ4v) is 5.93. The average molecular weight is 327 g/mol. The van der Waals surface area contributed by atoms with E-state index in [0.717, 1.165) is 23.5 Å². The highest BCUT2D eigenvalue weighted by atomic mass is 16.5. The van der Waals surface area contributed by atoms with Crippen molar-refractivity contribution in [2.75, 3.05) is 6.61 Å². The van der Waals surface area contributed by atoms with E-state index in [2.05, 4.69) is 12.2 Å². The van der Waals surface area contributed by atoms with Crippen LogP contribution in [0.1, 0.15) is 51.0 Å². The van der Waals surface area contributed by atoms with Gasteiger partial charge in [0.05, 0.1) is 0 Å². The number of carbonyl (C=O) groups is 1. The van der Waals surface area contributed by atoms with Gasteiger partial charge in [-0.05, 0) is 87.7 Å². The Morgan fingerprint density at radius 1 is 1.12 bits per heavy atom. The third-order valence-electron chi connectivity index (χ3n) is 6.77. The summed E-state index contributed by atoms with van der Waals surface area (Å²) in [4.78, 5) is 12.4. The summed E-state index contributed by atoms with van der Waals surface area (Å²) in [5, 5.41) is 3.25. The normalized spacial score (nSPS) is 34.8. The van der Waals surface area contributed by atoms with Crippen LogP contribution in [0.15, 0.2) is 24.3 Å². The van der Waals surface area contributed by atoms with Crippen LogP contribution in [0, 0.1) is 30.1 Å². The van der Waals surface area contributed by atoms with E-state index in [-0.39, 0.29) is 18.6 Å². The van der Waals surface area contributed by atoms with Crippen molar-refractivity contribution in [1.29, 1.82) is 0 Å². The number of hydrogen-bond donors (Lipinski definition) is 1. The van der Waals surface area contributed by atoms with E-state index in [1.807, 2.05) is 31.2 Å². The van der Waals surface area contributed by atoms with Crippen LogP contribution in [-0.2, 0) is 4.79 Å². The molecule has 1 amide bonds. The molecule has 0 aromatic heterocycles. The van der Waals surface area contributed by atoms with Gasteiger partial charge in [0.25, 0.3) is 5.91 Å². The first-order valence-corrected chi connectivity index (χ1v) is 9.51. The largest absolute Gasteiger partial charge is 0.484 e. The van der Waals surface area contributed by atoms with Gasteiger partial charge in [0, 0.05) is 6.04 Å². The maximum Gasteiger partial charge on any atom is 0.258 e. The molecule has 1 aromatic rings. The Bertz CT molecular complexity index is 571. The van der Waals surface area contributed by atoms with Gasteiger partial charge in [0.1, 0.15) is 5.75 Å². The monoisotopic (exact) mass is 327 g/mol. The molecule has 0 radical (unpaired) electrons. The molecular formula is C21H29NO2. The molecule has 1 N–H and O–H groups in total. The van der Waals surface area contributed by atoms with Crippen LogP contribution < -0.4 is 10.1 Å². The third-order valence-corrected chi connectivity index (χ3v) is 6.77. The molecule has 3 nitrogen and oxygen atoms in total. The SMILES string of the molecule is Cc1ccc(OCC(=O)NC(C)C23CC4CC(CC(C4)C2)C3)cc1. The lowest BCUT2D eigenvalue weighted by molar-refractivity contribution is -0.127. The molecule has 0 heterocycles. The van der Waals surface area contributed by atoms with Crippen LogP contribution in [0.4, 0.5) is 0 Å². The summed E-state index contributed by atoms with van der Waals surface area (Å²) in [6.07, 6.45) is 8.28. The van der Waals surface area contributed by atoms with Crippen molar-refractivity contribution in [2.45, 2.75) is 58.4 Å². The topological polar surface area (TPSA) is 38.3 Å². The van der Waals surface area contributed by atoms with Gasteiger partial charge >= 0.3 is 0 Å². The summed E-state index contributed by atoms with van der Waals surface area (Å²) in [5.41, 5.74) is 1.55. The summed E-state index contributed by atoms with van der Waals surface area (Å²) < 4.78 is 5.63. The van der Waals surface area contributed by atoms with Gasteiger partial charge in [0.2, 0.25) is 0 Å². The molecule has 5 rings (SSSR count). The van der Waals surface area contributed by atoms with E-state index in [0.29, 0.717) is 5.41 Å². The molecule has 4 bridgehead atoms. The fourth-order valence-electron chi connectivity index (χ4n) is 5.93. The van der Waals surface area contributed by atoms with Crippen LogP contribution in [0.3, 0.4) is 0 Å². The average Bonchev–Trinajstić information content (AvgIpc) is 2.53. The number of aryl methyl sites for hydroxylation is 1. The molecule has 24 heavy (non-hydrogen) atoms. The van der Waals surface area contributed by atoms with Gasteiger partial charge in [-0.15, -0.1) is 0 Å². The summed E-state index contributed by atoms with van der Waals surface area (Å²) >= 11 is 0. The van der Waals surface area contributed by atoms with Gasteiger partial charge in [-0.1, -0.05) is 17.7 Å². The van der Waals surface area contributed by atoms with Gasteiger partial charge in [-0.2, -0.15) is 0 Å². The minimum atomic E-state index is 0.0128. The molecule has 0 aliphatic heterocycles. The van der Waals surface area contributed by atoms with Gasteiger partial charge < -0.3 is 10.1 Å². The fraction of sp³-hybridized carbons (Fsp3) is 0.667. The first kappa shape index (κ1) is 16.0. The Kier molecular flexibility index (Phi) is 4.06. The number of benzene rings is 1. The van der Waals surface area contributed by atoms with Crippen molar-refractivity contribution in [1.82, 2.24) is 5.32 Å². The maximum absolute atomic E-state index is 12.4. The predicted molar refractivity (Wildman–Crippen MR) is 94.9 cm³/mol. The van der Waals surface area contributed by atoms with Crippen LogP contribution in [-0.4, -0.2) is 18.6 Å². The Morgan fingerprint density at radius 2 is 1.67 bits per heavy atom. The van der Waals surface area contributed by atoms with E-state index in [4.69, 9.17) is 4.74 Å². The summed E-state index contributed by atoms with van der Waals surface area (Å²) in [6, 6.07) is 8.12. The zero-order chi connectivity index (χ0) is 16.7. The summed E-state index contributed by atoms with van der Waals surface area (Å²) in [5.74, 6) is 3.52. The number of hydrogen-bond acceptors (Lipinski definition) is 2. The summed E-state index contributed by atoms with van der Waals surface area (Å²) in [7, 11) is 0. The number of carbonyl (C=O) groups excluding carboxylic acids is 1. The number of ether oxygens (including phenoxy) is 1. The Hall–Kier alpha value is -1.51. The molecule has 130 valence electrons. The molecule has 1 unspecified atom stereocenters. The second-order valence-electron chi connectivity index (χ2n) is 8.67. The van der Waals surface area contributed by atoms with Crippen molar-refractivity contribution < 1.29 is 9.53 Å². The third kappa shape index (κ3) is 3.05. The zero-order valence-electron chi connectivity index (χ0n) is 14.9. The number of nitrogens with one attached hydrogen (secondary N) is 1. The van der Waals surface area contributed by atoms with Crippen LogP contribution >= 0.6 is 0 Å². The van der Waals surface area contributed by atoms with Gasteiger partial charge in [-0.25, -0.2) is 0 Å². The molecular weight excluding hydrogens is 298 g/mol. The lowest BCUT2D eigenvalue weighted by atomic mass is 9.48. The molecule has 0 saturated heterocycles. The van der Waals surface area contributed by atoms with Crippen molar-refractivity contribution in [3.05, 3.63) is 29.8 Å². The highest BCUT2D eigenvalue weighted by Gasteiger charge is 2.53. The van der Waals surface area contributed by atoms with Crippen LogP contribution in [0.5, 0.6) is 5.75 Å². The lowest BCUT2D eigenvalue weighted by Gasteiger charge is -2.59. The Morgan fingerprint density at radius 3 is 2.21 bits per heavy atom. The van der Waals surface area contributed by atoms with Crippen LogP contribution in [0.25, 0.3) is 0 Å². The minimum Gasteiger partial charge on any atom is -0.484 e. The standard InChI is InChI=1S/C21H29NO2/c1-14-3-5-19(6-4-14)24-13-20(23)22-15(2)21-10-16-7-17(11-21)9-18(8-16)12-21/h3-6,15-18H,7-13H2,1-2H3,(H,22,23). The van der Waals surface area contributed by atoms with E-state index < -0.39 is 0 Å². The van der Waals surface area contributed by atoms with E-state index in [9.17, 15) is 4.79 Å². The Balaban J connectivity index is 1.33. The molecule has 1 aromatic carbocycles. The molecule has 1 atom stereocenters. The quantitative estimate of drug-likeness (QED) is 0.884. The number of amides is 1. The number of rotatable bonds is 5. The minimum absolute atomic E-state index is 0.0128. The maximum atomic E-state index is 12.4. The molecule has 4 aliphatic carbocycles. The predicted octanol–water partition coefficient (Wildman–Crippen LogP) is 4.09. The molecule has 4 fully saturated rings. The second kappa shape index (κ2) is 6.09. The molecule has 0 spiro atoms. The highest BCUT2D eigenvalue weighted by Crippen LogP contribution is 2.61. The van der Waals surface area contributed by atoms with Crippen molar-refractivity contribution in [2.24, 2.45) is 23.2 Å². The van der Waals surface area contributed by atoms with Crippen molar-refractivity contribution in [3.63, 3.8) is 0 Å².